The quantitative estimate of drug-likeness (QED) is 0.660. The van der Waals surface area contributed by atoms with Gasteiger partial charge in [0.15, 0.2) is 11.9 Å². The highest BCUT2D eigenvalue weighted by molar-refractivity contribution is 5.99. The van der Waals surface area contributed by atoms with Crippen LogP contribution in [0.2, 0.25) is 0 Å². The number of carbonyl (C=O) groups is 1. The Labute approximate surface area is 74.1 Å². The monoisotopic (exact) mass is 177 g/mol. The number of anilines is 1. The third-order valence-electron chi connectivity index (χ3n) is 1.71. The number of carboxylic acids is 1. The van der Waals surface area contributed by atoms with Crippen molar-refractivity contribution in [2.24, 2.45) is 4.99 Å². The summed E-state index contributed by atoms with van der Waals surface area (Å²) in [5, 5.41) is 11.5. The van der Waals surface area contributed by atoms with E-state index in [2.05, 4.69) is 15.3 Å². The number of nitrogens with one attached hydrogen (secondary N) is 1. The maximum Gasteiger partial charge on any atom is 0.331 e. The fourth-order valence-electron chi connectivity index (χ4n) is 1.09. The molecule has 1 aliphatic rings. The number of carboxylic acid groups (broad SMARTS) is 1. The lowest BCUT2D eigenvalue weighted by atomic mass is 10.2. The van der Waals surface area contributed by atoms with Gasteiger partial charge in [-0.25, -0.2) is 14.8 Å². The van der Waals surface area contributed by atoms with Crippen LogP contribution in [0.3, 0.4) is 0 Å². The van der Waals surface area contributed by atoms with Crippen molar-refractivity contribution in [2.45, 2.75) is 6.04 Å². The molecule has 1 unspecified atom stereocenters. The molecule has 0 fully saturated rings. The highest BCUT2D eigenvalue weighted by atomic mass is 16.4. The number of fused-ring (bicyclic) bond motifs is 1. The number of pyridine rings is 1. The molecule has 0 aliphatic carbocycles. The molecular formula is C8H7N3O2. The molecule has 1 aromatic rings. The molecule has 2 rings (SSSR count). The van der Waals surface area contributed by atoms with Gasteiger partial charge in [-0.15, -0.1) is 0 Å². The molecule has 2 heterocycles. The summed E-state index contributed by atoms with van der Waals surface area (Å²) in [6, 6.07) is 2.72. The summed E-state index contributed by atoms with van der Waals surface area (Å²) in [4.78, 5) is 18.5. The molecule has 0 saturated heterocycles. The van der Waals surface area contributed by atoms with Crippen LogP contribution in [0, 0.1) is 0 Å². The maximum absolute atomic E-state index is 10.6. The molecule has 0 spiro atoms. The molecule has 13 heavy (non-hydrogen) atoms. The third kappa shape index (κ3) is 1.35. The molecule has 66 valence electrons. The van der Waals surface area contributed by atoms with Crippen LogP contribution in [0.25, 0.3) is 0 Å². The van der Waals surface area contributed by atoms with Gasteiger partial charge in [0.1, 0.15) is 0 Å². The molecule has 0 bridgehead atoms. The van der Waals surface area contributed by atoms with Gasteiger partial charge < -0.3 is 10.4 Å². The molecule has 1 aliphatic heterocycles. The summed E-state index contributed by atoms with van der Waals surface area (Å²) in [6.45, 7) is 0. The standard InChI is InChI=1S/C8H7N3O2/c12-8(13)6-4-10-7-5(11-6)2-1-3-9-7/h1-4,6,11H,(H,12,13). The molecule has 5 heteroatoms. The first-order valence-electron chi connectivity index (χ1n) is 3.76. The van der Waals surface area contributed by atoms with Gasteiger partial charge >= 0.3 is 5.97 Å². The van der Waals surface area contributed by atoms with Crippen LogP contribution >= 0.6 is 0 Å². The van der Waals surface area contributed by atoms with Gasteiger partial charge in [0.25, 0.3) is 0 Å². The van der Waals surface area contributed by atoms with E-state index in [1.54, 1.807) is 18.3 Å². The zero-order valence-corrected chi connectivity index (χ0v) is 6.64. The third-order valence-corrected chi connectivity index (χ3v) is 1.71. The zero-order chi connectivity index (χ0) is 9.26. The first kappa shape index (κ1) is 7.72. The van der Waals surface area contributed by atoms with Crippen LogP contribution < -0.4 is 5.32 Å². The number of aliphatic carboxylic acids is 1. The van der Waals surface area contributed by atoms with E-state index >= 15 is 0 Å². The van der Waals surface area contributed by atoms with E-state index in [9.17, 15) is 4.79 Å². The molecule has 0 aromatic carbocycles. The van der Waals surface area contributed by atoms with E-state index in [1.165, 1.54) is 6.21 Å². The van der Waals surface area contributed by atoms with Gasteiger partial charge in [-0.3, -0.25) is 0 Å². The number of aromatic nitrogens is 1. The Morgan fingerprint density at radius 1 is 1.62 bits per heavy atom. The van der Waals surface area contributed by atoms with E-state index in [1.807, 2.05) is 0 Å². The summed E-state index contributed by atoms with van der Waals surface area (Å²) in [5.41, 5.74) is 0.650. The van der Waals surface area contributed by atoms with Crippen molar-refractivity contribution in [3.05, 3.63) is 18.3 Å². The molecule has 0 radical (unpaired) electrons. The summed E-state index contributed by atoms with van der Waals surface area (Å²) in [7, 11) is 0. The number of rotatable bonds is 1. The van der Waals surface area contributed by atoms with Gasteiger partial charge in [-0.2, -0.15) is 0 Å². The summed E-state index contributed by atoms with van der Waals surface area (Å²) >= 11 is 0. The number of nitrogens with zero attached hydrogens (tertiary/aromatic N) is 2. The Bertz CT molecular complexity index is 375. The number of aliphatic imine (C=N–C) groups is 1. The van der Waals surface area contributed by atoms with Crippen LogP contribution in [0.1, 0.15) is 0 Å². The maximum atomic E-state index is 10.6. The molecule has 0 saturated carbocycles. The minimum absolute atomic E-state index is 0.528. The van der Waals surface area contributed by atoms with Crippen LogP contribution in [-0.2, 0) is 4.79 Å². The summed E-state index contributed by atoms with van der Waals surface area (Å²) in [5.74, 6) is -0.418. The second kappa shape index (κ2) is 2.85. The van der Waals surface area contributed by atoms with Crippen molar-refractivity contribution < 1.29 is 9.90 Å². The fourth-order valence-corrected chi connectivity index (χ4v) is 1.09. The Hall–Kier alpha value is -1.91. The van der Waals surface area contributed by atoms with E-state index in [0.717, 1.165) is 0 Å². The Morgan fingerprint density at radius 3 is 3.23 bits per heavy atom. The highest BCUT2D eigenvalue weighted by Gasteiger charge is 2.19. The topological polar surface area (TPSA) is 74.6 Å². The molecule has 1 aromatic heterocycles. The van der Waals surface area contributed by atoms with Crippen molar-refractivity contribution in [2.75, 3.05) is 5.32 Å². The Kier molecular flexibility index (Phi) is 1.70. The molecule has 2 N–H and O–H groups in total. The van der Waals surface area contributed by atoms with E-state index in [0.29, 0.717) is 11.5 Å². The van der Waals surface area contributed by atoms with Gasteiger partial charge in [-0.05, 0) is 12.1 Å². The van der Waals surface area contributed by atoms with Crippen molar-refractivity contribution in [1.29, 1.82) is 0 Å². The molecule has 1 atom stereocenters. The number of hydrogen-bond acceptors (Lipinski definition) is 4. The Morgan fingerprint density at radius 2 is 2.46 bits per heavy atom. The van der Waals surface area contributed by atoms with E-state index in [-0.39, 0.29) is 0 Å². The average molecular weight is 177 g/mol. The Balaban J connectivity index is 2.34. The second-order valence-electron chi connectivity index (χ2n) is 2.61. The van der Waals surface area contributed by atoms with Crippen LogP contribution in [-0.4, -0.2) is 28.3 Å². The summed E-state index contributed by atoms with van der Waals surface area (Å²) in [6.07, 6.45) is 2.94. The van der Waals surface area contributed by atoms with Gasteiger partial charge in [0, 0.05) is 12.4 Å². The van der Waals surface area contributed by atoms with Crippen molar-refractivity contribution >= 4 is 23.7 Å². The first-order valence-corrected chi connectivity index (χ1v) is 3.76. The average Bonchev–Trinajstić information content (AvgIpc) is 2.17. The fraction of sp³-hybridized carbons (Fsp3) is 0.125. The predicted molar refractivity (Wildman–Crippen MR) is 47.4 cm³/mol. The SMILES string of the molecule is O=C(O)C1C=Nc2ncccc2N1. The lowest BCUT2D eigenvalue weighted by molar-refractivity contribution is -0.136. The number of hydrogen-bond donors (Lipinski definition) is 2. The molecular weight excluding hydrogens is 170 g/mol. The largest absolute Gasteiger partial charge is 0.479 e. The first-order chi connectivity index (χ1) is 6.27. The van der Waals surface area contributed by atoms with Crippen LogP contribution in [0.5, 0.6) is 0 Å². The van der Waals surface area contributed by atoms with Crippen molar-refractivity contribution in [1.82, 2.24) is 4.98 Å². The van der Waals surface area contributed by atoms with Crippen LogP contribution in [0.15, 0.2) is 23.3 Å². The van der Waals surface area contributed by atoms with Crippen molar-refractivity contribution in [3.63, 3.8) is 0 Å². The minimum Gasteiger partial charge on any atom is -0.479 e. The summed E-state index contributed by atoms with van der Waals surface area (Å²) < 4.78 is 0. The molecule has 5 nitrogen and oxygen atoms in total. The van der Waals surface area contributed by atoms with E-state index < -0.39 is 12.0 Å². The second-order valence-corrected chi connectivity index (χ2v) is 2.61. The smallest absolute Gasteiger partial charge is 0.331 e. The highest BCUT2D eigenvalue weighted by Crippen LogP contribution is 2.24. The molecule has 0 amide bonds. The van der Waals surface area contributed by atoms with Crippen molar-refractivity contribution in [3.8, 4) is 0 Å². The van der Waals surface area contributed by atoms with Crippen LogP contribution in [0.4, 0.5) is 11.5 Å². The lowest BCUT2D eigenvalue weighted by Gasteiger charge is -2.16. The van der Waals surface area contributed by atoms with Gasteiger partial charge in [0.05, 0.1) is 5.69 Å². The minimum atomic E-state index is -0.946. The van der Waals surface area contributed by atoms with Gasteiger partial charge in [0.2, 0.25) is 0 Å². The normalized spacial score (nSPS) is 18.9. The zero-order valence-electron chi connectivity index (χ0n) is 6.64. The van der Waals surface area contributed by atoms with Gasteiger partial charge in [-0.1, -0.05) is 0 Å². The van der Waals surface area contributed by atoms with E-state index in [4.69, 9.17) is 5.11 Å². The predicted octanol–water partition coefficient (Wildman–Crippen LogP) is 0.663. The lowest BCUT2D eigenvalue weighted by Crippen LogP contribution is -2.32.